The molecule has 0 radical (unpaired) electrons. The molecule has 0 amide bonds. The maximum Gasteiger partial charge on any atom is 0.146 e. The van der Waals surface area contributed by atoms with Gasteiger partial charge in [-0.1, -0.05) is 25.8 Å². The Hall–Kier alpha value is -1.09. The first-order valence-corrected chi connectivity index (χ1v) is 6.38. The summed E-state index contributed by atoms with van der Waals surface area (Å²) in [4.78, 5) is 1.98. The van der Waals surface area contributed by atoms with Gasteiger partial charge < -0.3 is 10.6 Å². The van der Waals surface area contributed by atoms with Crippen LogP contribution in [-0.4, -0.2) is 20.1 Å². The van der Waals surface area contributed by atoms with Crippen LogP contribution >= 0.6 is 0 Å². The van der Waals surface area contributed by atoms with E-state index in [1.54, 1.807) is 6.07 Å². The minimum Gasteiger partial charge on any atom is -0.372 e. The van der Waals surface area contributed by atoms with Gasteiger partial charge in [-0.3, -0.25) is 0 Å². The van der Waals surface area contributed by atoms with Crippen LogP contribution in [0.4, 0.5) is 10.1 Å². The first-order valence-electron chi connectivity index (χ1n) is 6.38. The van der Waals surface area contributed by atoms with Crippen LogP contribution in [0.25, 0.3) is 0 Å². The lowest BCUT2D eigenvalue weighted by Crippen LogP contribution is -2.19. The molecule has 0 aromatic heterocycles. The lowest BCUT2D eigenvalue weighted by Gasteiger charge is -2.20. The first-order chi connectivity index (χ1) is 8.19. The third-order valence-corrected chi connectivity index (χ3v) is 2.95. The van der Waals surface area contributed by atoms with Crippen molar-refractivity contribution in [3.05, 3.63) is 29.6 Å². The molecule has 0 saturated carbocycles. The number of unbranched alkanes of at least 4 members (excludes halogenated alkanes) is 2. The van der Waals surface area contributed by atoms with Gasteiger partial charge in [-0.25, -0.2) is 4.39 Å². The molecular formula is C14H23FN2. The van der Waals surface area contributed by atoms with Crippen molar-refractivity contribution in [3.8, 4) is 0 Å². The van der Waals surface area contributed by atoms with Crippen molar-refractivity contribution in [2.45, 2.75) is 32.6 Å². The van der Waals surface area contributed by atoms with E-state index in [1.165, 1.54) is 12.8 Å². The lowest BCUT2D eigenvalue weighted by atomic mass is 10.1. The van der Waals surface area contributed by atoms with Gasteiger partial charge >= 0.3 is 0 Å². The summed E-state index contributed by atoms with van der Waals surface area (Å²) in [6.45, 7) is 3.63. The zero-order valence-corrected chi connectivity index (χ0v) is 10.9. The molecule has 0 atom stereocenters. The predicted octanol–water partition coefficient (Wildman–Crippen LogP) is 2.95. The number of nitrogens with zero attached hydrogens (tertiary/aromatic N) is 1. The summed E-state index contributed by atoms with van der Waals surface area (Å²) in [5.41, 5.74) is 7.11. The third kappa shape index (κ3) is 4.35. The molecule has 0 spiro atoms. The molecule has 1 rings (SSSR count). The molecule has 0 aliphatic heterocycles. The van der Waals surface area contributed by atoms with Crippen molar-refractivity contribution >= 4 is 5.69 Å². The molecule has 0 bridgehead atoms. The van der Waals surface area contributed by atoms with Gasteiger partial charge in [0.05, 0.1) is 5.69 Å². The molecule has 0 fully saturated rings. The number of hydrogen-bond donors (Lipinski definition) is 1. The van der Waals surface area contributed by atoms with Crippen LogP contribution in [0.2, 0.25) is 0 Å². The molecule has 0 saturated heterocycles. The van der Waals surface area contributed by atoms with Crippen LogP contribution in [0.3, 0.4) is 0 Å². The van der Waals surface area contributed by atoms with Crippen molar-refractivity contribution in [3.63, 3.8) is 0 Å². The van der Waals surface area contributed by atoms with Crippen molar-refractivity contribution in [2.24, 2.45) is 5.73 Å². The summed E-state index contributed by atoms with van der Waals surface area (Å²) in [6.07, 6.45) is 4.22. The van der Waals surface area contributed by atoms with E-state index >= 15 is 0 Å². The highest BCUT2D eigenvalue weighted by Gasteiger charge is 2.07. The van der Waals surface area contributed by atoms with Crippen molar-refractivity contribution in [1.29, 1.82) is 0 Å². The van der Waals surface area contributed by atoms with E-state index < -0.39 is 0 Å². The van der Waals surface area contributed by atoms with Gasteiger partial charge in [-0.2, -0.15) is 0 Å². The van der Waals surface area contributed by atoms with E-state index in [1.807, 2.05) is 24.1 Å². The zero-order valence-electron chi connectivity index (χ0n) is 10.9. The maximum atomic E-state index is 13.9. The van der Waals surface area contributed by atoms with Gasteiger partial charge in [0.25, 0.3) is 0 Å². The lowest BCUT2D eigenvalue weighted by molar-refractivity contribution is 0.615. The molecule has 0 unspecified atom stereocenters. The Morgan fingerprint density at radius 3 is 2.65 bits per heavy atom. The van der Waals surface area contributed by atoms with Crippen molar-refractivity contribution in [2.75, 3.05) is 25.0 Å². The van der Waals surface area contributed by atoms with Crippen LogP contribution in [-0.2, 0) is 6.42 Å². The highest BCUT2D eigenvalue weighted by atomic mass is 19.1. The molecule has 0 aliphatic carbocycles. The van der Waals surface area contributed by atoms with Gasteiger partial charge in [0.15, 0.2) is 0 Å². The number of benzene rings is 1. The molecule has 1 aromatic rings. The molecule has 0 aliphatic rings. The molecule has 3 heteroatoms. The Balaban J connectivity index is 2.63. The highest BCUT2D eigenvalue weighted by Crippen LogP contribution is 2.20. The summed E-state index contributed by atoms with van der Waals surface area (Å²) < 4.78 is 13.9. The Bertz CT molecular complexity index is 339. The summed E-state index contributed by atoms with van der Waals surface area (Å²) in [5, 5.41) is 0. The topological polar surface area (TPSA) is 29.3 Å². The fourth-order valence-corrected chi connectivity index (χ4v) is 1.90. The molecule has 1 aromatic carbocycles. The Morgan fingerprint density at radius 1 is 1.29 bits per heavy atom. The first kappa shape index (κ1) is 14.0. The molecule has 17 heavy (non-hydrogen) atoms. The van der Waals surface area contributed by atoms with Crippen LogP contribution in [0, 0.1) is 5.82 Å². The predicted molar refractivity (Wildman–Crippen MR) is 72.0 cm³/mol. The normalized spacial score (nSPS) is 10.6. The molecule has 2 N–H and O–H groups in total. The summed E-state index contributed by atoms with van der Waals surface area (Å²) in [6, 6.07) is 5.41. The zero-order chi connectivity index (χ0) is 12.7. The summed E-state index contributed by atoms with van der Waals surface area (Å²) in [5.74, 6) is -0.144. The Labute approximate surface area is 104 Å². The molecule has 96 valence electrons. The van der Waals surface area contributed by atoms with Gasteiger partial charge in [0.1, 0.15) is 5.82 Å². The average Bonchev–Trinajstić information content (AvgIpc) is 2.29. The van der Waals surface area contributed by atoms with E-state index in [-0.39, 0.29) is 5.82 Å². The second-order valence-corrected chi connectivity index (χ2v) is 4.45. The number of hydrogen-bond acceptors (Lipinski definition) is 2. The van der Waals surface area contributed by atoms with Crippen LogP contribution in [0.15, 0.2) is 18.2 Å². The Kier molecular flexibility index (Phi) is 5.98. The van der Waals surface area contributed by atoms with E-state index in [0.717, 1.165) is 24.9 Å². The standard InChI is InChI=1S/C14H23FN2/c1-3-4-5-10-17(2)14-7-6-12(8-9-16)11-13(14)15/h6-7,11H,3-5,8-10,16H2,1-2H3. The highest BCUT2D eigenvalue weighted by molar-refractivity contribution is 5.48. The van der Waals surface area contributed by atoms with E-state index in [0.29, 0.717) is 12.2 Å². The SMILES string of the molecule is CCCCCN(C)c1ccc(CCN)cc1F. The third-order valence-electron chi connectivity index (χ3n) is 2.95. The molecule has 2 nitrogen and oxygen atoms in total. The van der Waals surface area contributed by atoms with Gasteiger partial charge in [-0.05, 0) is 37.1 Å². The Morgan fingerprint density at radius 2 is 2.06 bits per heavy atom. The van der Waals surface area contributed by atoms with E-state index in [4.69, 9.17) is 5.73 Å². The maximum absolute atomic E-state index is 13.9. The smallest absolute Gasteiger partial charge is 0.146 e. The fraction of sp³-hybridized carbons (Fsp3) is 0.571. The van der Waals surface area contributed by atoms with E-state index in [2.05, 4.69) is 6.92 Å². The summed E-state index contributed by atoms with van der Waals surface area (Å²) >= 11 is 0. The largest absolute Gasteiger partial charge is 0.372 e. The van der Waals surface area contributed by atoms with Crippen molar-refractivity contribution < 1.29 is 4.39 Å². The van der Waals surface area contributed by atoms with Crippen molar-refractivity contribution in [1.82, 2.24) is 0 Å². The van der Waals surface area contributed by atoms with Gasteiger partial charge in [0.2, 0.25) is 0 Å². The molecular weight excluding hydrogens is 215 g/mol. The number of halogens is 1. The number of anilines is 1. The quantitative estimate of drug-likeness (QED) is 0.740. The van der Waals surface area contributed by atoms with E-state index in [9.17, 15) is 4.39 Å². The van der Waals surface area contributed by atoms with Crippen LogP contribution in [0.5, 0.6) is 0 Å². The van der Waals surface area contributed by atoms with Gasteiger partial charge in [-0.15, -0.1) is 0 Å². The number of rotatable bonds is 7. The minimum absolute atomic E-state index is 0.144. The van der Waals surface area contributed by atoms with Crippen LogP contribution < -0.4 is 10.6 Å². The summed E-state index contributed by atoms with van der Waals surface area (Å²) in [7, 11) is 1.94. The fourth-order valence-electron chi connectivity index (χ4n) is 1.90. The second kappa shape index (κ2) is 7.28. The van der Waals surface area contributed by atoms with Gasteiger partial charge in [0, 0.05) is 13.6 Å². The molecule has 0 heterocycles. The number of nitrogens with two attached hydrogens (primary N) is 1. The minimum atomic E-state index is -0.144. The average molecular weight is 238 g/mol. The van der Waals surface area contributed by atoms with Crippen LogP contribution in [0.1, 0.15) is 31.7 Å². The monoisotopic (exact) mass is 238 g/mol. The second-order valence-electron chi connectivity index (χ2n) is 4.45.